The van der Waals surface area contributed by atoms with Gasteiger partial charge in [-0.2, -0.15) is 0 Å². The Balaban J connectivity index is 1.76. The molecule has 12 heteroatoms. The second-order valence-electron chi connectivity index (χ2n) is 7.08. The molecule has 0 aliphatic heterocycles. The summed E-state index contributed by atoms with van der Waals surface area (Å²) in [5.41, 5.74) is 3.57. The highest BCUT2D eigenvalue weighted by atomic mass is 32.2. The number of anilines is 2. The second kappa shape index (κ2) is 8.68. The molecule has 164 valence electrons. The number of hydrogen-bond donors (Lipinski definition) is 2. The highest BCUT2D eigenvalue weighted by molar-refractivity contribution is 7.92. The fourth-order valence-electron chi connectivity index (χ4n) is 2.90. The molecular weight excluding hydrogens is 422 g/mol. The average molecular weight is 446 g/mol. The summed E-state index contributed by atoms with van der Waals surface area (Å²) in [5, 5.41) is 10.6. The Labute approximate surface area is 179 Å². The maximum Gasteiger partial charge on any atom is 0.413 e. The third-order valence-corrected chi connectivity index (χ3v) is 4.95. The Morgan fingerprint density at radius 2 is 1.94 bits per heavy atom. The lowest BCUT2D eigenvalue weighted by Gasteiger charge is -2.16. The average Bonchev–Trinajstić information content (AvgIpc) is 3.03. The van der Waals surface area contributed by atoms with Crippen molar-refractivity contribution < 1.29 is 17.9 Å². The van der Waals surface area contributed by atoms with Crippen molar-refractivity contribution in [2.45, 2.75) is 26.9 Å². The summed E-state index contributed by atoms with van der Waals surface area (Å²) in [4.78, 5) is 21.0. The van der Waals surface area contributed by atoms with Gasteiger partial charge in [0.2, 0.25) is 10.0 Å². The summed E-state index contributed by atoms with van der Waals surface area (Å²) in [7, 11) is -1.80. The zero-order valence-corrected chi connectivity index (χ0v) is 18.6. The van der Waals surface area contributed by atoms with Crippen molar-refractivity contribution in [3.8, 4) is 11.4 Å². The summed E-state index contributed by atoms with van der Waals surface area (Å²) < 4.78 is 31.9. The molecule has 0 saturated heterocycles. The van der Waals surface area contributed by atoms with Gasteiger partial charge in [-0.05, 0) is 44.5 Å². The number of carbonyl (C=O) groups is 1. The molecule has 0 aromatic carbocycles. The monoisotopic (exact) mass is 445 g/mol. The van der Waals surface area contributed by atoms with E-state index in [1.807, 2.05) is 19.9 Å². The van der Waals surface area contributed by atoms with E-state index >= 15 is 0 Å². The molecule has 3 aromatic heterocycles. The lowest BCUT2D eigenvalue weighted by Crippen LogP contribution is -2.19. The molecular formula is C19H23N7O4S. The lowest BCUT2D eigenvalue weighted by molar-refractivity contribution is 0.120. The molecule has 3 heterocycles. The minimum atomic E-state index is -3.42. The fraction of sp³-hybridized carbons (Fsp3) is 0.316. The zero-order valence-electron chi connectivity index (χ0n) is 17.7. The van der Waals surface area contributed by atoms with Gasteiger partial charge in [-0.3, -0.25) is 20.0 Å². The maximum atomic E-state index is 12.5. The molecule has 0 bridgehead atoms. The zero-order chi connectivity index (χ0) is 22.8. The van der Waals surface area contributed by atoms with Gasteiger partial charge in [-0.25, -0.2) is 17.9 Å². The number of carbonyl (C=O) groups excluding carboxylic acids is 1. The fourth-order valence-corrected chi connectivity index (χ4v) is 3.45. The first kappa shape index (κ1) is 22.2. The van der Waals surface area contributed by atoms with Crippen LogP contribution in [-0.4, -0.2) is 45.7 Å². The molecule has 0 spiro atoms. The van der Waals surface area contributed by atoms with Crippen LogP contribution in [0.5, 0.6) is 0 Å². The van der Waals surface area contributed by atoms with Gasteiger partial charge in [0, 0.05) is 24.5 Å². The van der Waals surface area contributed by atoms with Crippen LogP contribution in [0.4, 0.5) is 16.3 Å². The third-order valence-electron chi connectivity index (χ3n) is 4.34. The van der Waals surface area contributed by atoms with Gasteiger partial charge in [0.05, 0.1) is 23.8 Å². The highest BCUT2D eigenvalue weighted by Gasteiger charge is 2.20. The van der Waals surface area contributed by atoms with Crippen LogP contribution < -0.4 is 10.0 Å². The van der Waals surface area contributed by atoms with E-state index in [2.05, 4.69) is 30.3 Å². The molecule has 11 nitrogen and oxygen atoms in total. The van der Waals surface area contributed by atoms with E-state index in [9.17, 15) is 13.2 Å². The quantitative estimate of drug-likeness (QED) is 0.590. The number of ether oxygens (including phenoxy) is 1. The van der Waals surface area contributed by atoms with Crippen molar-refractivity contribution in [3.63, 3.8) is 0 Å². The van der Waals surface area contributed by atoms with Crippen LogP contribution in [0.25, 0.3) is 11.4 Å². The van der Waals surface area contributed by atoms with Gasteiger partial charge in [0.25, 0.3) is 0 Å². The van der Waals surface area contributed by atoms with Crippen LogP contribution in [0.2, 0.25) is 0 Å². The first-order valence-electron chi connectivity index (χ1n) is 9.28. The Morgan fingerprint density at radius 1 is 1.19 bits per heavy atom. The van der Waals surface area contributed by atoms with E-state index in [0.717, 1.165) is 23.1 Å². The summed E-state index contributed by atoms with van der Waals surface area (Å²) in [6.45, 7) is 5.53. The van der Waals surface area contributed by atoms with Crippen LogP contribution in [0, 0.1) is 13.8 Å². The van der Waals surface area contributed by atoms with Crippen LogP contribution in [0.1, 0.15) is 29.8 Å². The summed E-state index contributed by atoms with van der Waals surface area (Å²) >= 11 is 0. The largest absolute Gasteiger partial charge is 0.441 e. The topological polar surface area (TPSA) is 141 Å². The van der Waals surface area contributed by atoms with E-state index in [-0.39, 0.29) is 5.82 Å². The number of nitrogens with one attached hydrogen (secondary N) is 2. The molecule has 1 atom stereocenters. The number of pyridine rings is 2. The number of nitrogens with zero attached hydrogens (tertiary/aromatic N) is 5. The Hall–Kier alpha value is -3.54. The lowest BCUT2D eigenvalue weighted by atomic mass is 10.1. The molecule has 0 aliphatic rings. The van der Waals surface area contributed by atoms with Crippen molar-refractivity contribution in [2.24, 2.45) is 7.05 Å². The number of rotatable bonds is 6. The Bertz CT molecular complexity index is 1210. The predicted molar refractivity (Wildman–Crippen MR) is 115 cm³/mol. The van der Waals surface area contributed by atoms with Crippen molar-refractivity contribution in [1.82, 2.24) is 25.0 Å². The van der Waals surface area contributed by atoms with E-state index in [4.69, 9.17) is 4.74 Å². The van der Waals surface area contributed by atoms with Gasteiger partial charge in [-0.1, -0.05) is 5.21 Å². The number of amides is 1. The second-order valence-corrected chi connectivity index (χ2v) is 8.82. The van der Waals surface area contributed by atoms with Gasteiger partial charge in [0.1, 0.15) is 6.10 Å². The van der Waals surface area contributed by atoms with Crippen molar-refractivity contribution in [2.75, 3.05) is 16.3 Å². The molecule has 2 N–H and O–H groups in total. The van der Waals surface area contributed by atoms with Gasteiger partial charge >= 0.3 is 6.09 Å². The number of sulfonamides is 1. The number of aromatic nitrogens is 5. The Morgan fingerprint density at radius 3 is 2.58 bits per heavy atom. The summed E-state index contributed by atoms with van der Waals surface area (Å²) in [6, 6.07) is 5.03. The number of hydrogen-bond acceptors (Lipinski definition) is 8. The van der Waals surface area contributed by atoms with Crippen LogP contribution in [0.15, 0.2) is 30.6 Å². The van der Waals surface area contributed by atoms with E-state index in [1.165, 1.54) is 16.9 Å². The van der Waals surface area contributed by atoms with E-state index in [0.29, 0.717) is 17.1 Å². The third kappa shape index (κ3) is 5.54. The van der Waals surface area contributed by atoms with Gasteiger partial charge in [-0.15, -0.1) is 5.10 Å². The first-order valence-corrected chi connectivity index (χ1v) is 11.2. The maximum absolute atomic E-state index is 12.5. The molecule has 0 saturated carbocycles. The van der Waals surface area contributed by atoms with Crippen molar-refractivity contribution >= 4 is 27.6 Å². The predicted octanol–water partition coefficient (Wildman–Crippen LogP) is 2.57. The minimum absolute atomic E-state index is 0.285. The summed E-state index contributed by atoms with van der Waals surface area (Å²) in [5.74, 6) is 0.285. The van der Waals surface area contributed by atoms with Crippen molar-refractivity contribution in [3.05, 3.63) is 47.4 Å². The first-order chi connectivity index (χ1) is 14.5. The molecule has 0 unspecified atom stereocenters. The van der Waals surface area contributed by atoms with Crippen LogP contribution >= 0.6 is 0 Å². The standard InChI is InChI=1S/C19H23N7O4S/c1-11-8-15(12(2)20-9-11)13(3)30-19(27)22-18-17(23-25-26(18)4)16-7-6-14(10-21-16)24-31(5,28)29/h6-10,13,24H,1-5H3,(H,22,27)/t13-/m1/s1. The normalized spacial score (nSPS) is 12.3. The molecule has 0 fully saturated rings. The Kier molecular flexibility index (Phi) is 6.20. The molecule has 0 radical (unpaired) electrons. The van der Waals surface area contributed by atoms with Crippen molar-refractivity contribution in [1.29, 1.82) is 0 Å². The molecule has 0 aliphatic carbocycles. The molecule has 1 amide bonds. The highest BCUT2D eigenvalue weighted by Crippen LogP contribution is 2.26. The smallest absolute Gasteiger partial charge is 0.413 e. The van der Waals surface area contributed by atoms with Gasteiger partial charge < -0.3 is 4.74 Å². The molecule has 31 heavy (non-hydrogen) atoms. The molecule has 3 rings (SSSR count). The van der Waals surface area contributed by atoms with E-state index in [1.54, 1.807) is 26.2 Å². The molecule has 3 aromatic rings. The SMILES string of the molecule is Cc1cnc(C)c([C@@H](C)OC(=O)Nc2c(-c3ccc(NS(C)(=O)=O)cn3)nnn2C)c1. The minimum Gasteiger partial charge on any atom is -0.441 e. The van der Waals surface area contributed by atoms with Crippen LogP contribution in [-0.2, 0) is 21.8 Å². The van der Waals surface area contributed by atoms with Crippen LogP contribution in [0.3, 0.4) is 0 Å². The summed E-state index contributed by atoms with van der Waals surface area (Å²) in [6.07, 6.45) is 2.95. The van der Waals surface area contributed by atoms with Gasteiger partial charge in [0.15, 0.2) is 11.5 Å². The number of aryl methyl sites for hydroxylation is 3. The van der Waals surface area contributed by atoms with E-state index < -0.39 is 22.2 Å².